The first-order valence-corrected chi connectivity index (χ1v) is 5.82. The number of aryl methyl sites for hydroxylation is 1. The van der Waals surface area contributed by atoms with Gasteiger partial charge in [0.2, 0.25) is 0 Å². The molecule has 82 valence electrons. The molecule has 0 atom stereocenters. The molecule has 0 amide bonds. The van der Waals surface area contributed by atoms with Crippen LogP contribution in [0, 0.1) is 0 Å². The summed E-state index contributed by atoms with van der Waals surface area (Å²) in [7, 11) is 0. The van der Waals surface area contributed by atoms with E-state index in [1.54, 1.807) is 0 Å². The Morgan fingerprint density at radius 3 is 3.12 bits per heavy atom. The Kier molecular flexibility index (Phi) is 3.35. The molecule has 1 aromatic heterocycles. The van der Waals surface area contributed by atoms with Gasteiger partial charge in [0.15, 0.2) is 0 Å². The van der Waals surface area contributed by atoms with E-state index in [0.717, 1.165) is 30.5 Å². The number of fused-ring (bicyclic) bond motifs is 1. The Balaban J connectivity index is 2.28. The first kappa shape index (κ1) is 10.9. The Morgan fingerprint density at radius 2 is 2.31 bits per heavy atom. The van der Waals surface area contributed by atoms with Crippen LogP contribution in [0.1, 0.15) is 31.0 Å². The van der Waals surface area contributed by atoms with Gasteiger partial charge >= 0.3 is 0 Å². The van der Waals surface area contributed by atoms with E-state index in [1.807, 2.05) is 12.3 Å². The summed E-state index contributed by atoms with van der Waals surface area (Å²) in [5.41, 5.74) is 4.80. The van der Waals surface area contributed by atoms with Crippen LogP contribution in [0.2, 0.25) is 0 Å². The van der Waals surface area contributed by atoms with Gasteiger partial charge in [-0.05, 0) is 42.0 Å². The number of allylic oxidation sites excluding steroid dienone is 5. The molecule has 0 fully saturated rings. The second kappa shape index (κ2) is 4.93. The van der Waals surface area contributed by atoms with Crippen LogP contribution in [0.3, 0.4) is 0 Å². The lowest BCUT2D eigenvalue weighted by Crippen LogP contribution is -2.05. The summed E-state index contributed by atoms with van der Waals surface area (Å²) in [6.07, 6.45) is 11.5. The minimum atomic E-state index is 1.07. The number of aromatic nitrogens is 1. The van der Waals surface area contributed by atoms with E-state index in [1.165, 1.54) is 11.1 Å². The Morgan fingerprint density at radius 1 is 1.44 bits per heavy atom. The van der Waals surface area contributed by atoms with E-state index in [4.69, 9.17) is 0 Å². The van der Waals surface area contributed by atoms with E-state index in [9.17, 15) is 0 Å². The predicted octanol–water partition coefficient (Wildman–Crippen LogP) is 3.93. The van der Waals surface area contributed by atoms with Crippen LogP contribution in [-0.2, 0) is 6.42 Å². The van der Waals surface area contributed by atoms with Crippen molar-refractivity contribution in [1.29, 1.82) is 0 Å². The summed E-state index contributed by atoms with van der Waals surface area (Å²) in [5, 5.41) is 0. The standard InChI is InChI=1S/C15H17N/c1-3-4-5-7-13-9-10-14-8-6-11-16-15(14)12(13)2/h4-8,11H,2-3,9-10H2,1H3/b5-4-,13-7-. The first-order chi connectivity index (χ1) is 7.83. The molecule has 1 aromatic rings. The molecule has 1 heteroatoms. The van der Waals surface area contributed by atoms with Gasteiger partial charge in [-0.25, -0.2) is 0 Å². The third-order valence-corrected chi connectivity index (χ3v) is 2.90. The van der Waals surface area contributed by atoms with Gasteiger partial charge in [-0.15, -0.1) is 0 Å². The van der Waals surface area contributed by atoms with E-state index >= 15 is 0 Å². The molecule has 2 rings (SSSR count). The summed E-state index contributed by atoms with van der Waals surface area (Å²) in [6.45, 7) is 6.29. The average molecular weight is 211 g/mol. The highest BCUT2D eigenvalue weighted by atomic mass is 14.7. The highest BCUT2D eigenvalue weighted by Crippen LogP contribution is 2.31. The van der Waals surface area contributed by atoms with Gasteiger partial charge < -0.3 is 0 Å². The molecule has 1 aliphatic rings. The van der Waals surface area contributed by atoms with Crippen LogP contribution < -0.4 is 0 Å². The molecular formula is C15H17N. The molecule has 1 nitrogen and oxygen atoms in total. The molecule has 0 bridgehead atoms. The highest BCUT2D eigenvalue weighted by molar-refractivity contribution is 5.79. The fourth-order valence-corrected chi connectivity index (χ4v) is 1.99. The Labute approximate surface area is 97.2 Å². The van der Waals surface area contributed by atoms with Gasteiger partial charge in [-0.1, -0.05) is 37.8 Å². The molecular weight excluding hydrogens is 194 g/mol. The SMILES string of the molecule is C=C1/C(=C\C=C/CC)CCc2cccnc21. The molecule has 16 heavy (non-hydrogen) atoms. The van der Waals surface area contributed by atoms with Crippen LogP contribution in [0.5, 0.6) is 0 Å². The maximum Gasteiger partial charge on any atom is 0.0730 e. The van der Waals surface area contributed by atoms with Crippen LogP contribution in [0.4, 0.5) is 0 Å². The van der Waals surface area contributed by atoms with Crippen LogP contribution in [0.15, 0.2) is 48.7 Å². The summed E-state index contributed by atoms with van der Waals surface area (Å²) >= 11 is 0. The lowest BCUT2D eigenvalue weighted by molar-refractivity contribution is 0.919. The Hall–Kier alpha value is -1.63. The maximum absolute atomic E-state index is 4.41. The summed E-state index contributed by atoms with van der Waals surface area (Å²) in [5.74, 6) is 0. The van der Waals surface area contributed by atoms with Crippen LogP contribution >= 0.6 is 0 Å². The molecule has 0 N–H and O–H groups in total. The van der Waals surface area contributed by atoms with Gasteiger partial charge in [-0.2, -0.15) is 0 Å². The van der Waals surface area contributed by atoms with E-state index < -0.39 is 0 Å². The smallest absolute Gasteiger partial charge is 0.0730 e. The van der Waals surface area contributed by atoms with Crippen molar-refractivity contribution in [3.63, 3.8) is 0 Å². The lowest BCUT2D eigenvalue weighted by atomic mass is 9.88. The predicted molar refractivity (Wildman–Crippen MR) is 69.1 cm³/mol. The molecule has 0 saturated heterocycles. The van der Waals surface area contributed by atoms with Crippen molar-refractivity contribution in [3.05, 3.63) is 60.0 Å². The second-order valence-corrected chi connectivity index (χ2v) is 4.02. The fourth-order valence-electron chi connectivity index (χ4n) is 1.99. The van der Waals surface area contributed by atoms with Gasteiger partial charge in [0, 0.05) is 6.20 Å². The zero-order valence-electron chi connectivity index (χ0n) is 9.74. The van der Waals surface area contributed by atoms with Gasteiger partial charge in [0.05, 0.1) is 5.69 Å². The lowest BCUT2D eigenvalue weighted by Gasteiger charge is -2.19. The zero-order chi connectivity index (χ0) is 11.4. The summed E-state index contributed by atoms with van der Waals surface area (Å²) < 4.78 is 0. The minimum absolute atomic E-state index is 1.07. The third kappa shape index (κ3) is 2.13. The summed E-state index contributed by atoms with van der Waals surface area (Å²) in [4.78, 5) is 4.41. The average Bonchev–Trinajstić information content (AvgIpc) is 2.33. The van der Waals surface area contributed by atoms with Crippen LogP contribution in [-0.4, -0.2) is 4.98 Å². The molecule has 0 saturated carbocycles. The number of hydrogen-bond donors (Lipinski definition) is 0. The molecule has 0 unspecified atom stereocenters. The summed E-state index contributed by atoms with van der Waals surface area (Å²) in [6, 6.07) is 4.14. The van der Waals surface area contributed by atoms with Gasteiger partial charge in [0.25, 0.3) is 0 Å². The van der Waals surface area contributed by atoms with Crippen molar-refractivity contribution in [1.82, 2.24) is 4.98 Å². The molecule has 0 radical (unpaired) electrons. The number of nitrogens with zero attached hydrogens (tertiary/aromatic N) is 1. The number of hydrogen-bond acceptors (Lipinski definition) is 1. The number of rotatable bonds is 2. The molecule has 0 aromatic carbocycles. The van der Waals surface area contributed by atoms with Gasteiger partial charge in [0.1, 0.15) is 0 Å². The maximum atomic E-state index is 4.41. The van der Waals surface area contributed by atoms with Crippen molar-refractivity contribution in [2.75, 3.05) is 0 Å². The molecule has 0 aliphatic heterocycles. The van der Waals surface area contributed by atoms with Gasteiger partial charge in [-0.3, -0.25) is 4.98 Å². The van der Waals surface area contributed by atoms with E-state index in [2.05, 4.69) is 42.8 Å². The van der Waals surface area contributed by atoms with Crippen molar-refractivity contribution < 1.29 is 0 Å². The topological polar surface area (TPSA) is 12.9 Å². The number of pyridine rings is 1. The molecule has 0 spiro atoms. The van der Waals surface area contributed by atoms with Crippen molar-refractivity contribution in [2.45, 2.75) is 26.2 Å². The zero-order valence-corrected chi connectivity index (χ0v) is 9.74. The van der Waals surface area contributed by atoms with Crippen molar-refractivity contribution in [2.24, 2.45) is 0 Å². The Bertz CT molecular complexity index is 452. The third-order valence-electron chi connectivity index (χ3n) is 2.90. The normalized spacial score (nSPS) is 18.1. The quantitative estimate of drug-likeness (QED) is 0.722. The molecule has 1 aliphatic carbocycles. The minimum Gasteiger partial charge on any atom is -0.256 e. The van der Waals surface area contributed by atoms with Crippen molar-refractivity contribution in [3.8, 4) is 0 Å². The van der Waals surface area contributed by atoms with E-state index in [0.29, 0.717) is 0 Å². The highest BCUT2D eigenvalue weighted by Gasteiger charge is 2.16. The second-order valence-electron chi connectivity index (χ2n) is 4.02. The molecule has 1 heterocycles. The largest absolute Gasteiger partial charge is 0.256 e. The monoisotopic (exact) mass is 211 g/mol. The van der Waals surface area contributed by atoms with E-state index in [-0.39, 0.29) is 0 Å². The fraction of sp³-hybridized carbons (Fsp3) is 0.267. The van der Waals surface area contributed by atoms with Crippen LogP contribution in [0.25, 0.3) is 5.57 Å². The van der Waals surface area contributed by atoms with Crippen molar-refractivity contribution >= 4 is 5.57 Å². The first-order valence-electron chi connectivity index (χ1n) is 5.82.